The molecule has 0 aliphatic carbocycles. The number of aryl methyl sites for hydroxylation is 2. The summed E-state index contributed by atoms with van der Waals surface area (Å²) in [5.41, 5.74) is 2.69. The van der Waals surface area contributed by atoms with Crippen LogP contribution in [0.1, 0.15) is 17.0 Å². The summed E-state index contributed by atoms with van der Waals surface area (Å²) < 4.78 is 23.9. The quantitative estimate of drug-likeness (QED) is 0.728. The molecule has 0 atom stereocenters. The van der Waals surface area contributed by atoms with Crippen LogP contribution in [-0.4, -0.2) is 10.1 Å². The van der Waals surface area contributed by atoms with Gasteiger partial charge in [0, 0.05) is 5.56 Å². The maximum absolute atomic E-state index is 13.0. The van der Waals surface area contributed by atoms with Crippen molar-refractivity contribution in [3.05, 3.63) is 65.2 Å². The van der Waals surface area contributed by atoms with Crippen molar-refractivity contribution in [2.45, 2.75) is 20.5 Å². The largest absolute Gasteiger partial charge is 0.485 e. The highest BCUT2D eigenvalue weighted by Gasteiger charge is 2.11. The zero-order chi connectivity index (χ0) is 15.5. The average molecular weight is 298 g/mol. The van der Waals surface area contributed by atoms with E-state index in [1.54, 1.807) is 13.0 Å². The minimum Gasteiger partial charge on any atom is -0.485 e. The summed E-state index contributed by atoms with van der Waals surface area (Å²) in [6, 6.07) is 12.2. The fourth-order valence-electron chi connectivity index (χ4n) is 2.15. The highest BCUT2D eigenvalue weighted by atomic mass is 19.1. The summed E-state index contributed by atoms with van der Waals surface area (Å²) >= 11 is 0. The number of halogens is 1. The fraction of sp³-hybridized carbons (Fsp3) is 0.176. The molecule has 22 heavy (non-hydrogen) atoms. The Hall–Kier alpha value is -2.69. The molecule has 4 nitrogen and oxygen atoms in total. The molecule has 0 aliphatic heterocycles. The van der Waals surface area contributed by atoms with E-state index in [1.165, 1.54) is 12.1 Å². The molecule has 0 amide bonds. The molecule has 112 valence electrons. The van der Waals surface area contributed by atoms with E-state index < -0.39 is 0 Å². The number of nitrogens with zero attached hydrogens (tertiary/aromatic N) is 2. The van der Waals surface area contributed by atoms with Crippen LogP contribution in [0.2, 0.25) is 0 Å². The molecule has 0 radical (unpaired) electrons. The van der Waals surface area contributed by atoms with Gasteiger partial charge in [0.05, 0.1) is 0 Å². The van der Waals surface area contributed by atoms with Crippen molar-refractivity contribution in [3.8, 4) is 17.2 Å². The lowest BCUT2D eigenvalue weighted by molar-refractivity contribution is 0.285. The summed E-state index contributed by atoms with van der Waals surface area (Å²) in [5.74, 6) is 1.23. The second-order valence-corrected chi connectivity index (χ2v) is 5.03. The molecule has 0 spiro atoms. The molecule has 0 bridgehead atoms. The van der Waals surface area contributed by atoms with E-state index >= 15 is 0 Å². The fourth-order valence-corrected chi connectivity index (χ4v) is 2.15. The number of benzene rings is 2. The predicted octanol–water partition coefficient (Wildman–Crippen LogP) is 4.07. The van der Waals surface area contributed by atoms with Crippen LogP contribution < -0.4 is 4.74 Å². The molecule has 0 saturated heterocycles. The van der Waals surface area contributed by atoms with Crippen molar-refractivity contribution in [1.82, 2.24) is 10.1 Å². The third-order valence-corrected chi connectivity index (χ3v) is 3.34. The Morgan fingerprint density at radius 3 is 2.68 bits per heavy atom. The second kappa shape index (κ2) is 5.97. The van der Waals surface area contributed by atoms with Crippen molar-refractivity contribution in [2.24, 2.45) is 0 Å². The maximum atomic E-state index is 13.0. The Balaban J connectivity index is 1.74. The molecule has 2 aromatic carbocycles. The minimum absolute atomic E-state index is 0.169. The van der Waals surface area contributed by atoms with Gasteiger partial charge in [-0.05, 0) is 49.2 Å². The molecule has 1 aromatic heterocycles. The van der Waals surface area contributed by atoms with Gasteiger partial charge in [0.1, 0.15) is 11.6 Å². The molecule has 5 heteroatoms. The van der Waals surface area contributed by atoms with E-state index in [2.05, 4.69) is 10.1 Å². The average Bonchev–Trinajstić information content (AvgIpc) is 2.95. The highest BCUT2D eigenvalue weighted by molar-refractivity contribution is 5.57. The monoisotopic (exact) mass is 298 g/mol. The molecule has 0 N–H and O–H groups in total. The molecular weight excluding hydrogens is 283 g/mol. The SMILES string of the molecule is Cc1cc(F)ccc1OCc1noc(-c2ccccc2C)n1. The number of hydrogen-bond acceptors (Lipinski definition) is 4. The van der Waals surface area contributed by atoms with Crippen LogP contribution in [0, 0.1) is 19.7 Å². The lowest BCUT2D eigenvalue weighted by Crippen LogP contribution is -1.99. The van der Waals surface area contributed by atoms with Crippen LogP contribution >= 0.6 is 0 Å². The molecule has 3 aromatic rings. The summed E-state index contributed by atoms with van der Waals surface area (Å²) in [4.78, 5) is 4.33. The van der Waals surface area contributed by atoms with Gasteiger partial charge in [-0.3, -0.25) is 0 Å². The van der Waals surface area contributed by atoms with E-state index in [0.29, 0.717) is 17.5 Å². The molecule has 0 unspecified atom stereocenters. The number of ether oxygens (including phenoxy) is 1. The van der Waals surface area contributed by atoms with Crippen molar-refractivity contribution in [1.29, 1.82) is 0 Å². The van der Waals surface area contributed by atoms with Crippen molar-refractivity contribution in [3.63, 3.8) is 0 Å². The molecule has 0 aliphatic rings. The Kier molecular flexibility index (Phi) is 3.87. The Bertz CT molecular complexity index is 799. The second-order valence-electron chi connectivity index (χ2n) is 5.03. The van der Waals surface area contributed by atoms with E-state index in [9.17, 15) is 4.39 Å². The number of rotatable bonds is 4. The first-order chi connectivity index (χ1) is 10.6. The van der Waals surface area contributed by atoms with Gasteiger partial charge in [-0.15, -0.1) is 0 Å². The highest BCUT2D eigenvalue weighted by Crippen LogP contribution is 2.22. The first-order valence-corrected chi connectivity index (χ1v) is 6.91. The van der Waals surface area contributed by atoms with Gasteiger partial charge in [-0.25, -0.2) is 4.39 Å². The van der Waals surface area contributed by atoms with Crippen molar-refractivity contribution in [2.75, 3.05) is 0 Å². The van der Waals surface area contributed by atoms with Crippen LogP contribution in [0.5, 0.6) is 5.75 Å². The summed E-state index contributed by atoms with van der Waals surface area (Å²) in [5, 5.41) is 3.91. The summed E-state index contributed by atoms with van der Waals surface area (Å²) in [6.45, 7) is 3.94. The number of aromatic nitrogens is 2. The number of hydrogen-bond donors (Lipinski definition) is 0. The molecule has 0 saturated carbocycles. The van der Waals surface area contributed by atoms with Crippen LogP contribution in [0.3, 0.4) is 0 Å². The van der Waals surface area contributed by atoms with E-state index in [1.807, 2.05) is 31.2 Å². The lowest BCUT2D eigenvalue weighted by atomic mass is 10.1. The van der Waals surface area contributed by atoms with Gasteiger partial charge < -0.3 is 9.26 Å². The molecular formula is C17H15FN2O2. The normalized spacial score (nSPS) is 10.7. The predicted molar refractivity (Wildman–Crippen MR) is 79.9 cm³/mol. The third kappa shape index (κ3) is 2.98. The van der Waals surface area contributed by atoms with Crippen molar-refractivity contribution < 1.29 is 13.7 Å². The van der Waals surface area contributed by atoms with E-state index in [4.69, 9.17) is 9.26 Å². The van der Waals surface area contributed by atoms with Crippen molar-refractivity contribution >= 4 is 0 Å². The van der Waals surface area contributed by atoms with Crippen LogP contribution in [0.4, 0.5) is 4.39 Å². The third-order valence-electron chi connectivity index (χ3n) is 3.34. The van der Waals surface area contributed by atoms with E-state index in [0.717, 1.165) is 16.7 Å². The van der Waals surface area contributed by atoms with Gasteiger partial charge >= 0.3 is 0 Å². The van der Waals surface area contributed by atoms with Gasteiger partial charge in [0.25, 0.3) is 5.89 Å². The summed E-state index contributed by atoms with van der Waals surface area (Å²) in [7, 11) is 0. The van der Waals surface area contributed by atoms with Gasteiger partial charge in [0.2, 0.25) is 5.82 Å². The van der Waals surface area contributed by atoms with Crippen LogP contribution in [0.25, 0.3) is 11.5 Å². The standard InChI is InChI=1S/C17H15FN2O2/c1-11-5-3-4-6-14(11)17-19-16(20-22-17)10-21-15-8-7-13(18)9-12(15)2/h3-9H,10H2,1-2H3. The minimum atomic E-state index is -0.286. The summed E-state index contributed by atoms with van der Waals surface area (Å²) in [6.07, 6.45) is 0. The first-order valence-electron chi connectivity index (χ1n) is 6.91. The first kappa shape index (κ1) is 14.3. The lowest BCUT2D eigenvalue weighted by Gasteiger charge is -2.06. The Labute approximate surface area is 127 Å². The molecule has 3 rings (SSSR count). The van der Waals surface area contributed by atoms with E-state index in [-0.39, 0.29) is 12.4 Å². The zero-order valence-electron chi connectivity index (χ0n) is 12.3. The maximum Gasteiger partial charge on any atom is 0.258 e. The van der Waals surface area contributed by atoms with Crippen LogP contribution in [-0.2, 0) is 6.61 Å². The Morgan fingerprint density at radius 1 is 1.09 bits per heavy atom. The Morgan fingerprint density at radius 2 is 1.91 bits per heavy atom. The molecule has 1 heterocycles. The van der Waals surface area contributed by atoms with Crippen LogP contribution in [0.15, 0.2) is 47.0 Å². The van der Waals surface area contributed by atoms with Gasteiger partial charge in [-0.2, -0.15) is 4.98 Å². The molecule has 0 fully saturated rings. The zero-order valence-corrected chi connectivity index (χ0v) is 12.3. The topological polar surface area (TPSA) is 48.2 Å². The van der Waals surface area contributed by atoms with Gasteiger partial charge in [-0.1, -0.05) is 23.4 Å². The van der Waals surface area contributed by atoms with Gasteiger partial charge in [0.15, 0.2) is 6.61 Å². The smallest absolute Gasteiger partial charge is 0.258 e.